The van der Waals surface area contributed by atoms with E-state index in [0.717, 1.165) is 55.0 Å². The molecule has 2 aliphatic rings. The van der Waals surface area contributed by atoms with Crippen LogP contribution in [0.1, 0.15) is 12.8 Å². The highest BCUT2D eigenvalue weighted by Crippen LogP contribution is 2.35. The van der Waals surface area contributed by atoms with E-state index in [1.807, 2.05) is 12.1 Å². The van der Waals surface area contributed by atoms with Crippen LogP contribution >= 0.6 is 15.9 Å². The third kappa shape index (κ3) is 2.22. The first kappa shape index (κ1) is 12.3. The van der Waals surface area contributed by atoms with Gasteiger partial charge >= 0.3 is 0 Å². The number of ether oxygens (including phenoxy) is 2. The molecule has 0 saturated carbocycles. The Hall–Kier alpha value is -0.780. The topological polar surface area (TPSA) is 47.7 Å². The van der Waals surface area contributed by atoms with Gasteiger partial charge < -0.3 is 20.1 Å². The standard InChI is InChI=1S/C13H17BrN2O2/c14-10-1-2-11(15)12(9-10)16-5-3-13(4-6-16)17-7-8-18-13/h1-2,9H,3-8,15H2. The average Bonchev–Trinajstić information content (AvgIpc) is 2.82. The van der Waals surface area contributed by atoms with Gasteiger partial charge in [0.15, 0.2) is 5.79 Å². The lowest BCUT2D eigenvalue weighted by Crippen LogP contribution is -2.45. The second-order valence-electron chi connectivity index (χ2n) is 4.80. The van der Waals surface area contributed by atoms with Crippen molar-refractivity contribution in [3.63, 3.8) is 0 Å². The van der Waals surface area contributed by atoms with E-state index in [4.69, 9.17) is 15.2 Å². The summed E-state index contributed by atoms with van der Waals surface area (Å²) in [5.74, 6) is -0.322. The molecule has 3 rings (SSSR count). The van der Waals surface area contributed by atoms with E-state index in [1.54, 1.807) is 0 Å². The van der Waals surface area contributed by atoms with Crippen molar-refractivity contribution in [1.82, 2.24) is 0 Å². The van der Waals surface area contributed by atoms with E-state index >= 15 is 0 Å². The molecule has 0 aromatic heterocycles. The second-order valence-corrected chi connectivity index (χ2v) is 5.71. The first-order chi connectivity index (χ1) is 8.69. The molecule has 1 spiro atoms. The van der Waals surface area contributed by atoms with Crippen LogP contribution in [0.4, 0.5) is 11.4 Å². The van der Waals surface area contributed by atoms with Gasteiger partial charge in [-0.1, -0.05) is 15.9 Å². The van der Waals surface area contributed by atoms with Gasteiger partial charge in [0, 0.05) is 30.4 Å². The molecule has 0 bridgehead atoms. The lowest BCUT2D eigenvalue weighted by Gasteiger charge is -2.39. The van der Waals surface area contributed by atoms with E-state index in [-0.39, 0.29) is 5.79 Å². The number of rotatable bonds is 1. The van der Waals surface area contributed by atoms with Crippen LogP contribution in [0.25, 0.3) is 0 Å². The number of hydrogen-bond acceptors (Lipinski definition) is 4. The number of nitrogens with zero attached hydrogens (tertiary/aromatic N) is 1. The zero-order chi connectivity index (χ0) is 12.6. The van der Waals surface area contributed by atoms with E-state index in [9.17, 15) is 0 Å². The van der Waals surface area contributed by atoms with Crippen LogP contribution in [0.15, 0.2) is 22.7 Å². The maximum atomic E-state index is 6.04. The molecule has 0 radical (unpaired) electrons. The molecular weight excluding hydrogens is 296 g/mol. The summed E-state index contributed by atoms with van der Waals surface area (Å²) in [6.45, 7) is 3.28. The van der Waals surface area contributed by atoms with Gasteiger partial charge in [0.05, 0.1) is 24.6 Å². The van der Waals surface area contributed by atoms with Crippen molar-refractivity contribution >= 4 is 27.3 Å². The van der Waals surface area contributed by atoms with Crippen molar-refractivity contribution in [2.75, 3.05) is 36.9 Å². The van der Waals surface area contributed by atoms with Gasteiger partial charge in [-0.25, -0.2) is 0 Å². The Morgan fingerprint density at radius 2 is 1.83 bits per heavy atom. The molecule has 1 aromatic rings. The highest BCUT2D eigenvalue weighted by Gasteiger charge is 2.39. The smallest absolute Gasteiger partial charge is 0.171 e. The second kappa shape index (κ2) is 4.72. The number of benzene rings is 1. The Morgan fingerprint density at radius 1 is 1.17 bits per heavy atom. The van der Waals surface area contributed by atoms with Crippen LogP contribution in [0.5, 0.6) is 0 Å². The molecule has 2 aliphatic heterocycles. The third-order valence-electron chi connectivity index (χ3n) is 3.67. The number of hydrogen-bond donors (Lipinski definition) is 1. The molecular formula is C13H17BrN2O2. The molecule has 0 unspecified atom stereocenters. The maximum absolute atomic E-state index is 6.04. The number of halogens is 1. The van der Waals surface area contributed by atoms with Crippen LogP contribution in [-0.4, -0.2) is 32.1 Å². The van der Waals surface area contributed by atoms with Gasteiger partial charge in [-0.2, -0.15) is 0 Å². The summed E-state index contributed by atoms with van der Waals surface area (Å²) in [6, 6.07) is 5.98. The van der Waals surface area contributed by atoms with Gasteiger partial charge in [-0.3, -0.25) is 0 Å². The Kier molecular flexibility index (Phi) is 3.21. The Balaban J connectivity index is 1.74. The highest BCUT2D eigenvalue weighted by molar-refractivity contribution is 9.10. The van der Waals surface area contributed by atoms with Gasteiger partial charge in [0.2, 0.25) is 0 Å². The summed E-state index contributed by atoms with van der Waals surface area (Å²) in [4.78, 5) is 2.30. The minimum atomic E-state index is -0.322. The largest absolute Gasteiger partial charge is 0.397 e. The predicted octanol–water partition coefficient (Wildman–Crippen LogP) is 2.37. The molecule has 2 N–H and O–H groups in total. The van der Waals surface area contributed by atoms with Crippen LogP contribution in [-0.2, 0) is 9.47 Å². The molecule has 2 heterocycles. The SMILES string of the molecule is Nc1ccc(Br)cc1N1CCC2(CC1)OCCO2. The molecule has 0 atom stereocenters. The van der Waals surface area contributed by atoms with Gasteiger partial charge in [0.1, 0.15) is 0 Å². The Labute approximate surface area is 115 Å². The molecule has 4 nitrogen and oxygen atoms in total. The molecule has 1 aromatic carbocycles. The van der Waals surface area contributed by atoms with Crippen LogP contribution in [0, 0.1) is 0 Å². The number of nitrogens with two attached hydrogens (primary N) is 1. The summed E-state index contributed by atoms with van der Waals surface area (Å²) in [7, 11) is 0. The lowest BCUT2D eigenvalue weighted by atomic mass is 10.0. The van der Waals surface area contributed by atoms with E-state index in [1.165, 1.54) is 0 Å². The molecule has 2 fully saturated rings. The molecule has 0 aliphatic carbocycles. The quantitative estimate of drug-likeness (QED) is 0.809. The van der Waals surface area contributed by atoms with E-state index in [0.29, 0.717) is 0 Å². The van der Waals surface area contributed by atoms with E-state index < -0.39 is 0 Å². The zero-order valence-corrected chi connectivity index (χ0v) is 11.8. The molecule has 2 saturated heterocycles. The Bertz CT molecular complexity index is 437. The normalized spacial score (nSPS) is 22.6. The summed E-state index contributed by atoms with van der Waals surface area (Å²) in [5.41, 5.74) is 7.96. The minimum Gasteiger partial charge on any atom is -0.397 e. The molecule has 0 amide bonds. The summed E-state index contributed by atoms with van der Waals surface area (Å²) >= 11 is 3.49. The maximum Gasteiger partial charge on any atom is 0.171 e. The van der Waals surface area contributed by atoms with Crippen LogP contribution < -0.4 is 10.6 Å². The van der Waals surface area contributed by atoms with Crippen molar-refractivity contribution in [3.05, 3.63) is 22.7 Å². The number of nitrogen functional groups attached to an aromatic ring is 1. The third-order valence-corrected chi connectivity index (χ3v) is 4.17. The average molecular weight is 313 g/mol. The van der Waals surface area contributed by atoms with E-state index in [2.05, 4.69) is 26.9 Å². The first-order valence-corrected chi connectivity index (χ1v) is 7.06. The van der Waals surface area contributed by atoms with Gasteiger partial charge in [-0.05, 0) is 18.2 Å². The summed E-state index contributed by atoms with van der Waals surface area (Å²) in [5, 5.41) is 0. The summed E-state index contributed by atoms with van der Waals surface area (Å²) in [6.07, 6.45) is 1.80. The highest BCUT2D eigenvalue weighted by atomic mass is 79.9. The number of anilines is 2. The molecule has 5 heteroatoms. The predicted molar refractivity (Wildman–Crippen MR) is 74.6 cm³/mol. The fraction of sp³-hybridized carbons (Fsp3) is 0.538. The number of piperidine rings is 1. The Morgan fingerprint density at radius 3 is 2.50 bits per heavy atom. The lowest BCUT2D eigenvalue weighted by molar-refractivity contribution is -0.169. The fourth-order valence-electron chi connectivity index (χ4n) is 2.66. The van der Waals surface area contributed by atoms with Crippen molar-refractivity contribution < 1.29 is 9.47 Å². The van der Waals surface area contributed by atoms with Crippen molar-refractivity contribution in [2.24, 2.45) is 0 Å². The van der Waals surface area contributed by atoms with Gasteiger partial charge in [-0.15, -0.1) is 0 Å². The minimum absolute atomic E-state index is 0.322. The molecule has 98 valence electrons. The van der Waals surface area contributed by atoms with Crippen molar-refractivity contribution in [3.8, 4) is 0 Å². The van der Waals surface area contributed by atoms with Crippen LogP contribution in [0.2, 0.25) is 0 Å². The monoisotopic (exact) mass is 312 g/mol. The zero-order valence-electron chi connectivity index (χ0n) is 10.2. The van der Waals surface area contributed by atoms with Crippen molar-refractivity contribution in [1.29, 1.82) is 0 Å². The van der Waals surface area contributed by atoms with Gasteiger partial charge in [0.25, 0.3) is 0 Å². The summed E-state index contributed by atoms with van der Waals surface area (Å²) < 4.78 is 12.5. The molecule has 18 heavy (non-hydrogen) atoms. The van der Waals surface area contributed by atoms with Crippen molar-refractivity contribution in [2.45, 2.75) is 18.6 Å². The van der Waals surface area contributed by atoms with Crippen LogP contribution in [0.3, 0.4) is 0 Å². The first-order valence-electron chi connectivity index (χ1n) is 6.26. The fourth-order valence-corrected chi connectivity index (χ4v) is 3.01.